The van der Waals surface area contributed by atoms with E-state index in [0.717, 1.165) is 30.0 Å². The molecule has 0 aliphatic heterocycles. The van der Waals surface area contributed by atoms with Crippen LogP contribution < -0.4 is 15.4 Å². The highest BCUT2D eigenvalue weighted by atomic mass is 16.5. The molecule has 2 aromatic rings. The summed E-state index contributed by atoms with van der Waals surface area (Å²) in [4.78, 5) is 16.1. The molecule has 0 bridgehead atoms. The van der Waals surface area contributed by atoms with Crippen molar-refractivity contribution < 1.29 is 9.53 Å². The lowest BCUT2D eigenvalue weighted by atomic mass is 10.1. The van der Waals surface area contributed by atoms with Crippen molar-refractivity contribution in [2.45, 2.75) is 20.3 Å². The van der Waals surface area contributed by atoms with Gasteiger partial charge in [-0.2, -0.15) is 0 Å². The lowest BCUT2D eigenvalue weighted by Crippen LogP contribution is -2.28. The average Bonchev–Trinajstić information content (AvgIpc) is 2.60. The number of aromatic nitrogens is 1. The van der Waals surface area contributed by atoms with Crippen molar-refractivity contribution in [2.75, 3.05) is 25.5 Å². The van der Waals surface area contributed by atoms with Crippen LogP contribution in [0.15, 0.2) is 42.6 Å². The number of ether oxygens (including phenoxy) is 1. The highest BCUT2D eigenvalue weighted by molar-refractivity contribution is 5.92. The van der Waals surface area contributed by atoms with Crippen LogP contribution in [-0.2, 0) is 6.42 Å². The van der Waals surface area contributed by atoms with Gasteiger partial charge < -0.3 is 15.4 Å². The number of anilines is 1. The fraction of sp³-hybridized carbons (Fsp3) is 0.368. The van der Waals surface area contributed by atoms with E-state index in [1.807, 2.05) is 24.3 Å². The van der Waals surface area contributed by atoms with Gasteiger partial charge in [0.2, 0.25) is 0 Å². The molecule has 2 N–H and O–H groups in total. The maximum absolute atomic E-state index is 11.9. The van der Waals surface area contributed by atoms with Gasteiger partial charge in [-0.1, -0.05) is 32.0 Å². The van der Waals surface area contributed by atoms with E-state index in [0.29, 0.717) is 18.2 Å². The first-order valence-corrected chi connectivity index (χ1v) is 8.20. The summed E-state index contributed by atoms with van der Waals surface area (Å²) in [5.41, 5.74) is 2.49. The zero-order valence-electron chi connectivity index (χ0n) is 14.5. The van der Waals surface area contributed by atoms with E-state index in [4.69, 9.17) is 4.74 Å². The van der Waals surface area contributed by atoms with E-state index in [2.05, 4.69) is 35.5 Å². The molecule has 5 nitrogen and oxygen atoms in total. The number of carbonyl (C=O) groups is 1. The number of benzene rings is 1. The van der Waals surface area contributed by atoms with Crippen LogP contribution in [-0.4, -0.2) is 31.1 Å². The molecule has 2 rings (SSSR count). The lowest BCUT2D eigenvalue weighted by molar-refractivity contribution is 0.0944. The first-order valence-electron chi connectivity index (χ1n) is 8.20. The average molecular weight is 327 g/mol. The van der Waals surface area contributed by atoms with E-state index in [1.54, 1.807) is 19.4 Å². The summed E-state index contributed by atoms with van der Waals surface area (Å²) in [5.74, 6) is 1.18. The van der Waals surface area contributed by atoms with Gasteiger partial charge in [-0.15, -0.1) is 0 Å². The van der Waals surface area contributed by atoms with E-state index in [9.17, 15) is 4.79 Å². The molecule has 128 valence electrons. The number of carbonyl (C=O) groups excluding carboxylic acids is 1. The minimum absolute atomic E-state index is 0.135. The first-order chi connectivity index (χ1) is 11.6. The van der Waals surface area contributed by atoms with Crippen molar-refractivity contribution in [3.05, 3.63) is 53.9 Å². The van der Waals surface area contributed by atoms with Crippen molar-refractivity contribution in [2.24, 2.45) is 5.92 Å². The number of hydrogen-bond acceptors (Lipinski definition) is 4. The minimum atomic E-state index is -0.135. The van der Waals surface area contributed by atoms with E-state index in [1.165, 1.54) is 0 Å². The Morgan fingerprint density at radius 1 is 1.21 bits per heavy atom. The van der Waals surface area contributed by atoms with Gasteiger partial charge in [0.25, 0.3) is 5.91 Å². The molecule has 0 spiro atoms. The molecule has 0 aliphatic rings. The van der Waals surface area contributed by atoms with Gasteiger partial charge in [0.05, 0.1) is 19.0 Å². The molecule has 1 amide bonds. The van der Waals surface area contributed by atoms with Gasteiger partial charge in [-0.25, -0.2) is 4.98 Å². The SMILES string of the molecule is COc1ccccc1CCNc1ccc(C(=O)NCC(C)C)nc1. The monoisotopic (exact) mass is 327 g/mol. The standard InChI is InChI=1S/C19H25N3O2/c1-14(2)12-22-19(23)17-9-8-16(13-21-17)20-11-10-15-6-4-5-7-18(15)24-3/h4-9,13-14,20H,10-12H2,1-3H3,(H,22,23). The predicted molar refractivity (Wildman–Crippen MR) is 96.6 cm³/mol. The molecule has 5 heteroatoms. The molecular weight excluding hydrogens is 302 g/mol. The summed E-state index contributed by atoms with van der Waals surface area (Å²) >= 11 is 0. The van der Waals surface area contributed by atoms with Gasteiger partial charge in [0, 0.05) is 13.1 Å². The summed E-state index contributed by atoms with van der Waals surface area (Å²) in [6, 6.07) is 11.6. The van der Waals surface area contributed by atoms with Crippen LogP contribution in [0, 0.1) is 5.92 Å². The second-order valence-electron chi connectivity index (χ2n) is 6.02. The van der Waals surface area contributed by atoms with Crippen LogP contribution in [0.3, 0.4) is 0 Å². The Kier molecular flexibility index (Phi) is 6.61. The third-order valence-electron chi connectivity index (χ3n) is 3.58. The van der Waals surface area contributed by atoms with Crippen LogP contribution >= 0.6 is 0 Å². The van der Waals surface area contributed by atoms with Gasteiger partial charge in [-0.05, 0) is 36.1 Å². The summed E-state index contributed by atoms with van der Waals surface area (Å²) in [7, 11) is 1.68. The maximum Gasteiger partial charge on any atom is 0.269 e. The second-order valence-corrected chi connectivity index (χ2v) is 6.02. The fourth-order valence-electron chi connectivity index (χ4n) is 2.27. The first kappa shape index (κ1) is 17.8. The minimum Gasteiger partial charge on any atom is -0.496 e. The number of hydrogen-bond donors (Lipinski definition) is 2. The second kappa shape index (κ2) is 8.91. The van der Waals surface area contributed by atoms with Crippen LogP contribution in [0.25, 0.3) is 0 Å². The molecule has 24 heavy (non-hydrogen) atoms. The summed E-state index contributed by atoms with van der Waals surface area (Å²) in [6.07, 6.45) is 2.53. The van der Waals surface area contributed by atoms with Crippen LogP contribution in [0.4, 0.5) is 5.69 Å². The molecule has 1 aromatic carbocycles. The van der Waals surface area contributed by atoms with Crippen LogP contribution in [0.1, 0.15) is 29.9 Å². The molecule has 0 saturated heterocycles. The van der Waals surface area contributed by atoms with Gasteiger partial charge in [0.15, 0.2) is 0 Å². The summed E-state index contributed by atoms with van der Waals surface area (Å²) in [6.45, 7) is 5.53. The van der Waals surface area contributed by atoms with E-state index < -0.39 is 0 Å². The Bertz CT molecular complexity index is 654. The molecule has 0 aliphatic carbocycles. The maximum atomic E-state index is 11.9. The highest BCUT2D eigenvalue weighted by Gasteiger charge is 2.07. The third kappa shape index (κ3) is 5.26. The highest BCUT2D eigenvalue weighted by Crippen LogP contribution is 2.17. The molecule has 0 saturated carbocycles. The zero-order chi connectivity index (χ0) is 17.4. The Morgan fingerprint density at radius 3 is 2.67 bits per heavy atom. The van der Waals surface area contributed by atoms with Crippen molar-refractivity contribution in [3.63, 3.8) is 0 Å². The van der Waals surface area contributed by atoms with Crippen LogP contribution in [0.5, 0.6) is 5.75 Å². The van der Waals surface area contributed by atoms with E-state index in [-0.39, 0.29) is 5.91 Å². The third-order valence-corrected chi connectivity index (χ3v) is 3.58. The fourth-order valence-corrected chi connectivity index (χ4v) is 2.27. The number of nitrogens with one attached hydrogen (secondary N) is 2. The number of para-hydroxylation sites is 1. The van der Waals surface area contributed by atoms with Crippen molar-refractivity contribution >= 4 is 11.6 Å². The number of rotatable bonds is 8. The predicted octanol–water partition coefficient (Wildman–Crippen LogP) is 3.13. The topological polar surface area (TPSA) is 63.2 Å². The smallest absolute Gasteiger partial charge is 0.269 e. The molecule has 0 atom stereocenters. The van der Waals surface area contributed by atoms with Crippen molar-refractivity contribution in [1.29, 1.82) is 0 Å². The molecular formula is C19H25N3O2. The van der Waals surface area contributed by atoms with E-state index >= 15 is 0 Å². The largest absolute Gasteiger partial charge is 0.496 e. The zero-order valence-corrected chi connectivity index (χ0v) is 14.5. The Morgan fingerprint density at radius 2 is 2.00 bits per heavy atom. The molecule has 1 aromatic heterocycles. The molecule has 0 unspecified atom stereocenters. The number of pyridine rings is 1. The van der Waals surface area contributed by atoms with Gasteiger partial charge in [0.1, 0.15) is 11.4 Å². The van der Waals surface area contributed by atoms with Crippen molar-refractivity contribution in [3.8, 4) is 5.75 Å². The van der Waals surface area contributed by atoms with Gasteiger partial charge in [-0.3, -0.25) is 4.79 Å². The molecule has 0 radical (unpaired) electrons. The number of nitrogens with zero attached hydrogens (tertiary/aromatic N) is 1. The molecule has 0 fully saturated rings. The van der Waals surface area contributed by atoms with Crippen molar-refractivity contribution in [1.82, 2.24) is 10.3 Å². The normalized spacial score (nSPS) is 10.5. The molecule has 1 heterocycles. The quantitative estimate of drug-likeness (QED) is 0.782. The Labute approximate surface area is 143 Å². The lowest BCUT2D eigenvalue weighted by Gasteiger charge is -2.10. The number of amides is 1. The number of methoxy groups -OCH3 is 1. The van der Waals surface area contributed by atoms with Gasteiger partial charge >= 0.3 is 0 Å². The summed E-state index contributed by atoms with van der Waals surface area (Å²) in [5, 5.41) is 6.17. The summed E-state index contributed by atoms with van der Waals surface area (Å²) < 4.78 is 5.35. The Hall–Kier alpha value is -2.56. The Balaban J connectivity index is 1.84. The van der Waals surface area contributed by atoms with Crippen LogP contribution in [0.2, 0.25) is 0 Å².